The Hall–Kier alpha value is -1.78. The summed E-state index contributed by atoms with van der Waals surface area (Å²) in [6.45, 7) is 1.80. The third-order valence-corrected chi connectivity index (χ3v) is 4.56. The largest absolute Gasteiger partial charge is 0.494 e. The van der Waals surface area contributed by atoms with Crippen molar-refractivity contribution in [2.24, 2.45) is 0 Å². The summed E-state index contributed by atoms with van der Waals surface area (Å²) in [5.74, 6) is -0.426. The van der Waals surface area contributed by atoms with Gasteiger partial charge in [0.15, 0.2) is 11.6 Å². The fourth-order valence-electron chi connectivity index (χ4n) is 2.34. The maximum Gasteiger partial charge on any atom is 0.220 e. The molecule has 0 aliphatic carbocycles. The molecule has 0 aromatic heterocycles. The van der Waals surface area contributed by atoms with E-state index in [2.05, 4.69) is 5.32 Å². The van der Waals surface area contributed by atoms with Crippen LogP contribution in [0.25, 0.3) is 0 Å². The minimum Gasteiger partial charge on any atom is -0.494 e. The van der Waals surface area contributed by atoms with Gasteiger partial charge in [-0.25, -0.2) is 4.39 Å². The van der Waals surface area contributed by atoms with Gasteiger partial charge in [-0.2, -0.15) is 0 Å². The lowest BCUT2D eigenvalue weighted by Crippen LogP contribution is -2.26. The van der Waals surface area contributed by atoms with E-state index in [9.17, 15) is 9.18 Å². The number of carbonyl (C=O) groups excluding carboxylic acids is 1. The fourth-order valence-corrected chi connectivity index (χ4v) is 2.75. The Morgan fingerprint density at radius 1 is 1.29 bits per heavy atom. The predicted molar refractivity (Wildman–Crippen MR) is 94.3 cm³/mol. The zero-order chi connectivity index (χ0) is 17.7. The first-order chi connectivity index (χ1) is 11.4. The lowest BCUT2D eigenvalue weighted by atomic mass is 10.1. The normalized spacial score (nSPS) is 11.9. The van der Waals surface area contributed by atoms with Crippen molar-refractivity contribution in [2.75, 3.05) is 7.11 Å². The van der Waals surface area contributed by atoms with Crippen LogP contribution in [0.5, 0.6) is 5.75 Å². The zero-order valence-corrected chi connectivity index (χ0v) is 14.9. The maximum atomic E-state index is 13.7. The number of halogens is 3. The van der Waals surface area contributed by atoms with E-state index in [1.165, 1.54) is 13.2 Å². The van der Waals surface area contributed by atoms with E-state index in [0.29, 0.717) is 22.0 Å². The van der Waals surface area contributed by atoms with Crippen LogP contribution in [0.15, 0.2) is 36.4 Å². The Balaban J connectivity index is 1.94. The van der Waals surface area contributed by atoms with Crippen molar-refractivity contribution in [2.45, 2.75) is 25.8 Å². The quantitative estimate of drug-likeness (QED) is 0.781. The Morgan fingerprint density at radius 3 is 2.71 bits per heavy atom. The summed E-state index contributed by atoms with van der Waals surface area (Å²) in [7, 11) is 1.41. The number of amides is 1. The van der Waals surface area contributed by atoms with Gasteiger partial charge >= 0.3 is 0 Å². The highest BCUT2D eigenvalue weighted by Crippen LogP contribution is 2.26. The molecule has 0 heterocycles. The van der Waals surface area contributed by atoms with Crippen molar-refractivity contribution in [3.8, 4) is 5.75 Å². The number of aryl methyl sites for hydroxylation is 1. The van der Waals surface area contributed by atoms with Gasteiger partial charge in [0.05, 0.1) is 23.2 Å². The van der Waals surface area contributed by atoms with E-state index < -0.39 is 5.82 Å². The molecular formula is C18H18Cl2FNO2. The first-order valence-electron chi connectivity index (χ1n) is 7.48. The molecule has 0 spiro atoms. The van der Waals surface area contributed by atoms with Crippen molar-refractivity contribution < 1.29 is 13.9 Å². The summed E-state index contributed by atoms with van der Waals surface area (Å²) >= 11 is 12.1. The van der Waals surface area contributed by atoms with Crippen molar-refractivity contribution in [3.63, 3.8) is 0 Å². The highest BCUT2D eigenvalue weighted by atomic mass is 35.5. The summed E-state index contributed by atoms with van der Waals surface area (Å²) < 4.78 is 18.6. The second kappa shape index (κ2) is 8.36. The summed E-state index contributed by atoms with van der Waals surface area (Å²) in [6, 6.07) is 9.65. The van der Waals surface area contributed by atoms with Crippen LogP contribution in [-0.4, -0.2) is 13.0 Å². The second-order valence-corrected chi connectivity index (χ2v) is 6.18. The van der Waals surface area contributed by atoms with Gasteiger partial charge in [0.1, 0.15) is 0 Å². The molecule has 2 aromatic carbocycles. The van der Waals surface area contributed by atoms with E-state index in [0.717, 1.165) is 5.56 Å². The molecule has 128 valence electrons. The van der Waals surface area contributed by atoms with Crippen LogP contribution >= 0.6 is 23.2 Å². The van der Waals surface area contributed by atoms with E-state index in [1.807, 2.05) is 6.07 Å². The second-order valence-electron chi connectivity index (χ2n) is 5.40. The number of hydrogen-bond donors (Lipinski definition) is 1. The maximum absolute atomic E-state index is 13.7. The minimum atomic E-state index is -0.457. The Labute approximate surface area is 150 Å². The van der Waals surface area contributed by atoms with Crippen LogP contribution in [0.4, 0.5) is 4.39 Å². The third kappa shape index (κ3) is 4.62. The Bertz CT molecular complexity index is 737. The van der Waals surface area contributed by atoms with Crippen LogP contribution in [0.1, 0.15) is 30.5 Å². The van der Waals surface area contributed by atoms with E-state index in [1.54, 1.807) is 31.2 Å². The summed E-state index contributed by atoms with van der Waals surface area (Å²) in [6.07, 6.45) is 0.748. The van der Waals surface area contributed by atoms with Crippen molar-refractivity contribution in [1.29, 1.82) is 0 Å². The zero-order valence-electron chi connectivity index (χ0n) is 13.4. The number of carbonyl (C=O) groups is 1. The van der Waals surface area contributed by atoms with E-state index in [-0.39, 0.29) is 24.1 Å². The molecule has 0 bridgehead atoms. The van der Waals surface area contributed by atoms with Gasteiger partial charge in [-0.3, -0.25) is 4.79 Å². The Kier molecular flexibility index (Phi) is 6.46. The van der Waals surface area contributed by atoms with Gasteiger partial charge in [0.25, 0.3) is 0 Å². The van der Waals surface area contributed by atoms with Gasteiger partial charge in [-0.1, -0.05) is 41.4 Å². The smallest absolute Gasteiger partial charge is 0.220 e. The molecule has 1 amide bonds. The lowest BCUT2D eigenvalue weighted by Gasteiger charge is -2.15. The average Bonchev–Trinajstić information content (AvgIpc) is 2.56. The van der Waals surface area contributed by atoms with Crippen molar-refractivity contribution in [1.82, 2.24) is 5.32 Å². The molecule has 2 rings (SSSR count). The molecule has 1 N–H and O–H groups in total. The number of methoxy groups -OCH3 is 1. The highest BCUT2D eigenvalue weighted by molar-refractivity contribution is 6.42. The molecule has 0 saturated carbocycles. The number of hydrogen-bond acceptors (Lipinski definition) is 2. The number of nitrogens with one attached hydrogen (secondary N) is 1. The predicted octanol–water partition coefficient (Wildman–Crippen LogP) is 4.95. The molecule has 6 heteroatoms. The molecule has 0 aliphatic rings. The molecule has 2 aromatic rings. The van der Waals surface area contributed by atoms with Gasteiger partial charge in [0, 0.05) is 6.42 Å². The van der Waals surface area contributed by atoms with Crippen LogP contribution in [0.3, 0.4) is 0 Å². The minimum absolute atomic E-state index is 0.144. The molecule has 0 aliphatic heterocycles. The SMILES string of the molecule is COc1ccc(C(C)NC(=O)CCc2cccc(Cl)c2Cl)cc1F. The van der Waals surface area contributed by atoms with E-state index >= 15 is 0 Å². The van der Waals surface area contributed by atoms with Crippen LogP contribution in [-0.2, 0) is 11.2 Å². The fraction of sp³-hybridized carbons (Fsp3) is 0.278. The average molecular weight is 370 g/mol. The summed E-state index contributed by atoms with van der Waals surface area (Å²) in [5.41, 5.74) is 1.49. The van der Waals surface area contributed by atoms with Gasteiger partial charge < -0.3 is 10.1 Å². The summed E-state index contributed by atoms with van der Waals surface area (Å²) in [4.78, 5) is 12.1. The van der Waals surface area contributed by atoms with Gasteiger partial charge in [-0.15, -0.1) is 0 Å². The first kappa shape index (κ1) is 18.6. The molecule has 0 radical (unpaired) electrons. The number of benzene rings is 2. The molecule has 24 heavy (non-hydrogen) atoms. The number of ether oxygens (including phenoxy) is 1. The third-order valence-electron chi connectivity index (χ3n) is 3.71. The van der Waals surface area contributed by atoms with Crippen LogP contribution < -0.4 is 10.1 Å². The van der Waals surface area contributed by atoms with Gasteiger partial charge in [0.2, 0.25) is 5.91 Å². The van der Waals surface area contributed by atoms with Crippen LogP contribution in [0, 0.1) is 5.82 Å². The lowest BCUT2D eigenvalue weighted by molar-refractivity contribution is -0.121. The summed E-state index contributed by atoms with van der Waals surface area (Å²) in [5, 5.41) is 3.78. The van der Waals surface area contributed by atoms with Crippen molar-refractivity contribution in [3.05, 3.63) is 63.4 Å². The Morgan fingerprint density at radius 2 is 2.04 bits per heavy atom. The molecule has 0 saturated heterocycles. The molecule has 3 nitrogen and oxygen atoms in total. The first-order valence-corrected chi connectivity index (χ1v) is 8.23. The molecule has 1 unspecified atom stereocenters. The van der Waals surface area contributed by atoms with Crippen molar-refractivity contribution >= 4 is 29.1 Å². The van der Waals surface area contributed by atoms with Gasteiger partial charge in [-0.05, 0) is 42.7 Å². The monoisotopic (exact) mass is 369 g/mol. The standard InChI is InChI=1S/C18H18Cl2FNO2/c1-11(13-6-8-16(24-2)15(21)10-13)22-17(23)9-7-12-4-3-5-14(19)18(12)20/h3-6,8,10-11H,7,9H2,1-2H3,(H,22,23). The highest BCUT2D eigenvalue weighted by Gasteiger charge is 2.13. The topological polar surface area (TPSA) is 38.3 Å². The molecular weight excluding hydrogens is 352 g/mol. The molecule has 0 fully saturated rings. The molecule has 1 atom stereocenters. The number of rotatable bonds is 6. The van der Waals surface area contributed by atoms with E-state index in [4.69, 9.17) is 27.9 Å². The van der Waals surface area contributed by atoms with Crippen LogP contribution in [0.2, 0.25) is 10.0 Å².